The van der Waals surface area contributed by atoms with E-state index in [9.17, 15) is 8.42 Å². The summed E-state index contributed by atoms with van der Waals surface area (Å²) in [4.78, 5) is 3.75. The van der Waals surface area contributed by atoms with Gasteiger partial charge in [-0.05, 0) is 6.07 Å². The van der Waals surface area contributed by atoms with Gasteiger partial charge in [0.25, 0.3) is 10.2 Å². The lowest BCUT2D eigenvalue weighted by molar-refractivity contribution is 0.589. The zero-order valence-electron chi connectivity index (χ0n) is 7.49. The lowest BCUT2D eigenvalue weighted by atomic mass is 10.4. The number of nitrogens with zero attached hydrogens (tertiary/aromatic N) is 1. The number of anilines is 1. The molecule has 1 rings (SSSR count). The van der Waals surface area contributed by atoms with Crippen molar-refractivity contribution in [1.82, 2.24) is 9.71 Å². The first kappa shape index (κ1) is 11.2. The molecule has 0 unspecified atom stereocenters. The standard InChI is InChI=1S/C7H10ClN3O2S/c1-2-10-14(12,13)11-7-5-9-4-3-6(7)8/h3-5,10-11H,2H2,1H3. The fraction of sp³-hybridized carbons (Fsp3) is 0.286. The number of aromatic nitrogens is 1. The van der Waals surface area contributed by atoms with Crippen molar-refractivity contribution in [2.45, 2.75) is 6.92 Å². The van der Waals surface area contributed by atoms with E-state index in [0.29, 0.717) is 11.6 Å². The van der Waals surface area contributed by atoms with E-state index in [0.717, 1.165) is 0 Å². The lowest BCUT2D eigenvalue weighted by Crippen LogP contribution is -2.29. The highest BCUT2D eigenvalue weighted by molar-refractivity contribution is 7.90. The van der Waals surface area contributed by atoms with E-state index in [1.807, 2.05) is 0 Å². The Morgan fingerprint density at radius 3 is 2.86 bits per heavy atom. The minimum atomic E-state index is -3.53. The maximum absolute atomic E-state index is 11.2. The van der Waals surface area contributed by atoms with Gasteiger partial charge in [-0.3, -0.25) is 9.71 Å². The molecule has 5 nitrogen and oxygen atoms in total. The van der Waals surface area contributed by atoms with Gasteiger partial charge in [0.05, 0.1) is 16.9 Å². The fourth-order valence-electron chi connectivity index (χ4n) is 0.823. The molecule has 0 aliphatic rings. The first-order valence-electron chi connectivity index (χ1n) is 3.92. The molecule has 1 aromatic rings. The van der Waals surface area contributed by atoms with Crippen LogP contribution in [0.3, 0.4) is 0 Å². The molecule has 0 saturated heterocycles. The number of hydrogen-bond donors (Lipinski definition) is 2. The van der Waals surface area contributed by atoms with Crippen LogP contribution in [0.25, 0.3) is 0 Å². The molecule has 1 heterocycles. The Bertz CT molecular complexity index is 407. The predicted molar refractivity (Wildman–Crippen MR) is 55.5 cm³/mol. The van der Waals surface area contributed by atoms with E-state index in [-0.39, 0.29) is 5.69 Å². The van der Waals surface area contributed by atoms with E-state index in [4.69, 9.17) is 11.6 Å². The van der Waals surface area contributed by atoms with Gasteiger partial charge in [-0.1, -0.05) is 18.5 Å². The molecular formula is C7H10ClN3O2S. The van der Waals surface area contributed by atoms with Crippen LogP contribution in [0.2, 0.25) is 5.02 Å². The molecule has 0 atom stereocenters. The monoisotopic (exact) mass is 235 g/mol. The van der Waals surface area contributed by atoms with Gasteiger partial charge in [-0.25, -0.2) is 0 Å². The summed E-state index contributed by atoms with van der Waals surface area (Å²) in [7, 11) is -3.53. The van der Waals surface area contributed by atoms with Gasteiger partial charge in [-0.15, -0.1) is 0 Å². The molecule has 2 N–H and O–H groups in total. The van der Waals surface area contributed by atoms with Crippen LogP contribution < -0.4 is 9.44 Å². The molecule has 78 valence electrons. The highest BCUT2D eigenvalue weighted by Crippen LogP contribution is 2.19. The van der Waals surface area contributed by atoms with Crippen LogP contribution in [0.4, 0.5) is 5.69 Å². The van der Waals surface area contributed by atoms with Gasteiger partial charge in [0, 0.05) is 12.7 Å². The Balaban J connectivity index is 2.84. The van der Waals surface area contributed by atoms with Gasteiger partial charge in [0.1, 0.15) is 0 Å². The highest BCUT2D eigenvalue weighted by Gasteiger charge is 2.09. The summed E-state index contributed by atoms with van der Waals surface area (Å²) >= 11 is 5.74. The van der Waals surface area contributed by atoms with E-state index < -0.39 is 10.2 Å². The average Bonchev–Trinajstić information content (AvgIpc) is 2.08. The maximum Gasteiger partial charge on any atom is 0.299 e. The molecule has 1 aromatic heterocycles. The molecule has 0 spiro atoms. The van der Waals surface area contributed by atoms with Crippen LogP contribution in [0, 0.1) is 0 Å². The quantitative estimate of drug-likeness (QED) is 0.818. The van der Waals surface area contributed by atoms with Crippen molar-refractivity contribution in [3.05, 3.63) is 23.5 Å². The van der Waals surface area contributed by atoms with Crippen LogP contribution in [0.15, 0.2) is 18.5 Å². The summed E-state index contributed by atoms with van der Waals surface area (Å²) in [6, 6.07) is 1.51. The third-order valence-electron chi connectivity index (χ3n) is 1.35. The lowest BCUT2D eigenvalue weighted by Gasteiger charge is -2.08. The molecule has 0 bridgehead atoms. The summed E-state index contributed by atoms with van der Waals surface area (Å²) in [5, 5.41) is 0.307. The molecular weight excluding hydrogens is 226 g/mol. The van der Waals surface area contributed by atoms with Gasteiger partial charge in [-0.2, -0.15) is 13.1 Å². The molecule has 0 aliphatic carbocycles. The molecule has 0 amide bonds. The van der Waals surface area contributed by atoms with Crippen molar-refractivity contribution in [2.24, 2.45) is 0 Å². The van der Waals surface area contributed by atoms with Crippen LogP contribution in [0.1, 0.15) is 6.92 Å². The zero-order chi connectivity index (χ0) is 10.6. The summed E-state index contributed by atoms with van der Waals surface area (Å²) in [5.74, 6) is 0. The van der Waals surface area contributed by atoms with Crippen LogP contribution in [-0.2, 0) is 10.2 Å². The van der Waals surface area contributed by atoms with Gasteiger partial charge in [0.2, 0.25) is 0 Å². The Kier molecular flexibility index (Phi) is 3.68. The summed E-state index contributed by atoms with van der Waals surface area (Å²) in [5.41, 5.74) is 0.259. The zero-order valence-corrected chi connectivity index (χ0v) is 9.06. The Labute approximate surface area is 87.7 Å². The Morgan fingerprint density at radius 1 is 1.57 bits per heavy atom. The normalized spacial score (nSPS) is 11.3. The van der Waals surface area contributed by atoms with Gasteiger partial charge < -0.3 is 0 Å². The van der Waals surface area contributed by atoms with Crippen molar-refractivity contribution < 1.29 is 8.42 Å². The first-order valence-corrected chi connectivity index (χ1v) is 5.78. The molecule has 0 aliphatic heterocycles. The number of hydrogen-bond acceptors (Lipinski definition) is 3. The number of rotatable bonds is 4. The third kappa shape index (κ3) is 3.13. The highest BCUT2D eigenvalue weighted by atomic mass is 35.5. The smallest absolute Gasteiger partial charge is 0.268 e. The van der Waals surface area contributed by atoms with E-state index in [1.165, 1.54) is 18.5 Å². The van der Waals surface area contributed by atoms with E-state index in [2.05, 4.69) is 14.4 Å². The topological polar surface area (TPSA) is 71.1 Å². The first-order chi connectivity index (χ1) is 6.55. The van der Waals surface area contributed by atoms with Crippen molar-refractivity contribution >= 4 is 27.5 Å². The molecule has 14 heavy (non-hydrogen) atoms. The Hall–Kier alpha value is -0.850. The van der Waals surface area contributed by atoms with Gasteiger partial charge in [0.15, 0.2) is 0 Å². The summed E-state index contributed by atoms with van der Waals surface area (Å²) in [6.07, 6.45) is 2.82. The Morgan fingerprint density at radius 2 is 2.29 bits per heavy atom. The average molecular weight is 236 g/mol. The minimum Gasteiger partial charge on any atom is -0.268 e. The molecule has 0 saturated carbocycles. The molecule has 0 aromatic carbocycles. The van der Waals surface area contributed by atoms with Crippen molar-refractivity contribution in [3.63, 3.8) is 0 Å². The molecule has 0 radical (unpaired) electrons. The van der Waals surface area contributed by atoms with Crippen LogP contribution in [-0.4, -0.2) is 19.9 Å². The second kappa shape index (κ2) is 4.59. The predicted octanol–water partition coefficient (Wildman–Crippen LogP) is 1.00. The second-order valence-electron chi connectivity index (χ2n) is 2.46. The SMILES string of the molecule is CCNS(=O)(=O)Nc1cnccc1Cl. The van der Waals surface area contributed by atoms with E-state index >= 15 is 0 Å². The van der Waals surface area contributed by atoms with Crippen LogP contribution >= 0.6 is 11.6 Å². The van der Waals surface area contributed by atoms with Crippen molar-refractivity contribution in [3.8, 4) is 0 Å². The van der Waals surface area contributed by atoms with Crippen LogP contribution in [0.5, 0.6) is 0 Å². The van der Waals surface area contributed by atoms with E-state index in [1.54, 1.807) is 6.92 Å². The van der Waals surface area contributed by atoms with Crippen molar-refractivity contribution in [1.29, 1.82) is 0 Å². The summed E-state index contributed by atoms with van der Waals surface area (Å²) < 4.78 is 27.0. The molecule has 0 fully saturated rings. The maximum atomic E-state index is 11.2. The third-order valence-corrected chi connectivity index (χ3v) is 2.83. The summed E-state index contributed by atoms with van der Waals surface area (Å²) in [6.45, 7) is 2.00. The minimum absolute atomic E-state index is 0.259. The fourth-order valence-corrected chi connectivity index (χ4v) is 1.94. The molecule has 7 heteroatoms. The van der Waals surface area contributed by atoms with Crippen molar-refractivity contribution in [2.75, 3.05) is 11.3 Å². The second-order valence-corrected chi connectivity index (χ2v) is 4.37. The van der Waals surface area contributed by atoms with Gasteiger partial charge >= 0.3 is 0 Å². The number of nitrogens with one attached hydrogen (secondary N) is 2. The number of pyridine rings is 1. The largest absolute Gasteiger partial charge is 0.299 e. The number of halogens is 1.